The average molecular weight is 330 g/mol. The Labute approximate surface area is 135 Å². The van der Waals surface area contributed by atoms with Crippen molar-refractivity contribution in [1.82, 2.24) is 4.98 Å². The van der Waals surface area contributed by atoms with Crippen molar-refractivity contribution < 1.29 is 13.6 Å². The molecule has 0 spiro atoms. The Morgan fingerprint density at radius 2 is 1.91 bits per heavy atom. The van der Waals surface area contributed by atoms with Crippen LogP contribution >= 0.6 is 11.3 Å². The normalized spacial score (nSPS) is 10.6. The molecule has 1 N–H and O–H groups in total. The summed E-state index contributed by atoms with van der Waals surface area (Å²) in [4.78, 5) is 16.7. The fourth-order valence-corrected chi connectivity index (χ4v) is 2.75. The minimum absolute atomic E-state index is 0.0492. The number of nitrogens with one attached hydrogen (secondary N) is 1. The molecule has 116 valence electrons. The summed E-state index contributed by atoms with van der Waals surface area (Å²) in [5.41, 5.74) is 2.14. The van der Waals surface area contributed by atoms with Crippen molar-refractivity contribution in [2.45, 2.75) is 6.92 Å². The molecule has 0 aliphatic carbocycles. The zero-order valence-corrected chi connectivity index (χ0v) is 13.0. The van der Waals surface area contributed by atoms with Gasteiger partial charge in [0, 0.05) is 16.5 Å². The maximum absolute atomic E-state index is 13.3. The Bertz CT molecular complexity index is 877. The smallest absolute Gasteiger partial charge is 0.255 e. The lowest BCUT2D eigenvalue weighted by Crippen LogP contribution is -2.13. The molecule has 0 aliphatic heterocycles. The van der Waals surface area contributed by atoms with Crippen LogP contribution in [0.25, 0.3) is 11.3 Å². The quantitative estimate of drug-likeness (QED) is 0.759. The number of benzene rings is 2. The Hall–Kier alpha value is -2.60. The van der Waals surface area contributed by atoms with Gasteiger partial charge in [0.1, 0.15) is 0 Å². The molecule has 6 heteroatoms. The fourth-order valence-electron chi connectivity index (χ4n) is 2.13. The molecule has 1 aromatic heterocycles. The number of hydrogen-bond donors (Lipinski definition) is 1. The molecule has 2 aromatic carbocycles. The third-order valence-electron chi connectivity index (χ3n) is 3.25. The van der Waals surface area contributed by atoms with Gasteiger partial charge in [0.05, 0.1) is 16.4 Å². The predicted octanol–water partition coefficient (Wildman–Crippen LogP) is 4.65. The number of nitrogens with zero attached hydrogens (tertiary/aromatic N) is 1. The summed E-state index contributed by atoms with van der Waals surface area (Å²) in [5.74, 6) is -2.55. The average Bonchev–Trinajstić information content (AvgIpc) is 2.97. The molecule has 0 saturated carbocycles. The number of amides is 1. The summed E-state index contributed by atoms with van der Waals surface area (Å²) in [6.07, 6.45) is 0. The first-order valence-electron chi connectivity index (χ1n) is 6.82. The van der Waals surface area contributed by atoms with Gasteiger partial charge in [-0.1, -0.05) is 18.2 Å². The molecule has 0 bridgehead atoms. The van der Waals surface area contributed by atoms with Gasteiger partial charge in [0.25, 0.3) is 5.91 Å². The zero-order valence-electron chi connectivity index (χ0n) is 12.1. The number of hydrogen-bond acceptors (Lipinski definition) is 3. The minimum atomic E-state index is -1.05. The van der Waals surface area contributed by atoms with E-state index in [0.717, 1.165) is 28.4 Å². The molecule has 1 heterocycles. The van der Waals surface area contributed by atoms with Crippen LogP contribution in [0.4, 0.5) is 14.5 Å². The number of thiazole rings is 1. The summed E-state index contributed by atoms with van der Waals surface area (Å²) in [5, 5.41) is 5.54. The van der Waals surface area contributed by atoms with Gasteiger partial charge in [-0.2, -0.15) is 0 Å². The second kappa shape index (κ2) is 6.26. The van der Waals surface area contributed by atoms with E-state index in [9.17, 15) is 13.6 Å². The van der Waals surface area contributed by atoms with Crippen LogP contribution < -0.4 is 5.32 Å². The topological polar surface area (TPSA) is 42.0 Å². The molecule has 3 rings (SSSR count). The van der Waals surface area contributed by atoms with Crippen LogP contribution in [0.15, 0.2) is 47.8 Å². The van der Waals surface area contributed by atoms with Crippen LogP contribution in [0.3, 0.4) is 0 Å². The van der Waals surface area contributed by atoms with Gasteiger partial charge in [0.2, 0.25) is 0 Å². The zero-order chi connectivity index (χ0) is 16.4. The Kier molecular flexibility index (Phi) is 4.16. The molecule has 0 saturated heterocycles. The monoisotopic (exact) mass is 330 g/mol. The lowest BCUT2D eigenvalue weighted by atomic mass is 10.1. The number of rotatable bonds is 3. The van der Waals surface area contributed by atoms with Crippen molar-refractivity contribution in [2.24, 2.45) is 0 Å². The highest BCUT2D eigenvalue weighted by atomic mass is 32.1. The highest BCUT2D eigenvalue weighted by Crippen LogP contribution is 2.29. The first-order valence-corrected chi connectivity index (χ1v) is 7.70. The maximum atomic E-state index is 13.3. The van der Waals surface area contributed by atoms with Gasteiger partial charge >= 0.3 is 0 Å². The van der Waals surface area contributed by atoms with E-state index in [0.29, 0.717) is 5.69 Å². The fraction of sp³-hybridized carbons (Fsp3) is 0.0588. The van der Waals surface area contributed by atoms with Crippen molar-refractivity contribution in [2.75, 3.05) is 5.32 Å². The van der Waals surface area contributed by atoms with Gasteiger partial charge in [0.15, 0.2) is 11.6 Å². The van der Waals surface area contributed by atoms with Crippen molar-refractivity contribution in [3.63, 3.8) is 0 Å². The van der Waals surface area contributed by atoms with E-state index in [-0.39, 0.29) is 5.56 Å². The Morgan fingerprint density at radius 1 is 1.13 bits per heavy atom. The summed E-state index contributed by atoms with van der Waals surface area (Å²) >= 11 is 1.51. The summed E-state index contributed by atoms with van der Waals surface area (Å²) in [6.45, 7) is 1.90. The van der Waals surface area contributed by atoms with Crippen LogP contribution in [0.2, 0.25) is 0 Å². The van der Waals surface area contributed by atoms with Crippen LogP contribution in [0.5, 0.6) is 0 Å². The molecule has 3 aromatic rings. The number of para-hydroxylation sites is 1. The Morgan fingerprint density at radius 3 is 2.61 bits per heavy atom. The number of halogens is 2. The van der Waals surface area contributed by atoms with E-state index < -0.39 is 17.5 Å². The van der Waals surface area contributed by atoms with Gasteiger partial charge in [-0.3, -0.25) is 4.79 Å². The molecular formula is C17H12F2N2OS. The molecule has 23 heavy (non-hydrogen) atoms. The van der Waals surface area contributed by atoms with Gasteiger partial charge in [-0.25, -0.2) is 13.8 Å². The van der Waals surface area contributed by atoms with E-state index in [1.807, 2.05) is 24.4 Å². The van der Waals surface area contributed by atoms with E-state index in [1.54, 1.807) is 12.1 Å². The number of anilines is 1. The van der Waals surface area contributed by atoms with Gasteiger partial charge in [-0.05, 0) is 31.2 Å². The first-order chi connectivity index (χ1) is 11.0. The highest BCUT2D eigenvalue weighted by molar-refractivity contribution is 7.09. The van der Waals surface area contributed by atoms with E-state index in [2.05, 4.69) is 10.3 Å². The Balaban J connectivity index is 1.91. The SMILES string of the molecule is Cc1nc(-c2ccccc2NC(=O)c2ccc(F)c(F)c2)cs1. The largest absolute Gasteiger partial charge is 0.321 e. The van der Waals surface area contributed by atoms with Crippen molar-refractivity contribution >= 4 is 22.9 Å². The predicted molar refractivity (Wildman–Crippen MR) is 86.6 cm³/mol. The molecule has 1 amide bonds. The summed E-state index contributed by atoms with van der Waals surface area (Å²) in [6, 6.07) is 10.3. The van der Waals surface area contributed by atoms with Crippen molar-refractivity contribution in [1.29, 1.82) is 0 Å². The number of aromatic nitrogens is 1. The first kappa shape index (κ1) is 15.3. The van der Waals surface area contributed by atoms with Crippen LogP contribution in [0, 0.1) is 18.6 Å². The van der Waals surface area contributed by atoms with Crippen LogP contribution in [-0.4, -0.2) is 10.9 Å². The molecule has 0 atom stereocenters. The number of aryl methyl sites for hydroxylation is 1. The van der Waals surface area contributed by atoms with Gasteiger partial charge in [-0.15, -0.1) is 11.3 Å². The van der Waals surface area contributed by atoms with Crippen LogP contribution in [0.1, 0.15) is 15.4 Å². The molecule has 3 nitrogen and oxygen atoms in total. The van der Waals surface area contributed by atoms with E-state index in [1.165, 1.54) is 17.4 Å². The molecule has 0 unspecified atom stereocenters. The lowest BCUT2D eigenvalue weighted by molar-refractivity contribution is 0.102. The van der Waals surface area contributed by atoms with Gasteiger partial charge < -0.3 is 5.32 Å². The van der Waals surface area contributed by atoms with E-state index >= 15 is 0 Å². The second-order valence-corrected chi connectivity index (χ2v) is 5.94. The number of carbonyl (C=O) groups excluding carboxylic acids is 1. The maximum Gasteiger partial charge on any atom is 0.255 e. The molecule has 0 fully saturated rings. The van der Waals surface area contributed by atoms with Crippen LogP contribution in [-0.2, 0) is 0 Å². The highest BCUT2D eigenvalue weighted by Gasteiger charge is 2.13. The standard InChI is InChI=1S/C17H12F2N2OS/c1-10-20-16(9-23-10)12-4-2-3-5-15(12)21-17(22)11-6-7-13(18)14(19)8-11/h2-9H,1H3,(H,21,22). The third kappa shape index (κ3) is 3.27. The molecular weight excluding hydrogens is 318 g/mol. The lowest BCUT2D eigenvalue weighted by Gasteiger charge is -2.10. The third-order valence-corrected chi connectivity index (χ3v) is 4.03. The summed E-state index contributed by atoms with van der Waals surface area (Å²) in [7, 11) is 0. The van der Waals surface area contributed by atoms with E-state index in [4.69, 9.17) is 0 Å². The minimum Gasteiger partial charge on any atom is -0.321 e. The number of carbonyl (C=O) groups is 1. The summed E-state index contributed by atoms with van der Waals surface area (Å²) < 4.78 is 26.2. The van der Waals surface area contributed by atoms with Crippen molar-refractivity contribution in [3.8, 4) is 11.3 Å². The van der Waals surface area contributed by atoms with Crippen molar-refractivity contribution in [3.05, 3.63) is 70.1 Å². The molecule has 0 aliphatic rings. The molecule has 0 radical (unpaired) electrons. The second-order valence-electron chi connectivity index (χ2n) is 4.88.